The van der Waals surface area contributed by atoms with Crippen LogP contribution in [0.2, 0.25) is 0 Å². The van der Waals surface area contributed by atoms with Crippen molar-refractivity contribution in [3.8, 4) is 0 Å². The molecule has 3 unspecified atom stereocenters. The molecule has 216 valence electrons. The molecule has 0 saturated carbocycles. The van der Waals surface area contributed by atoms with E-state index in [0.29, 0.717) is 23.8 Å². The van der Waals surface area contributed by atoms with Crippen LogP contribution in [0.3, 0.4) is 0 Å². The van der Waals surface area contributed by atoms with Crippen molar-refractivity contribution in [3.05, 3.63) is 35.1 Å². The number of ketones is 1. The van der Waals surface area contributed by atoms with Gasteiger partial charge in [0.2, 0.25) is 5.91 Å². The summed E-state index contributed by atoms with van der Waals surface area (Å²) < 4.78 is 11.9. The lowest BCUT2D eigenvalue weighted by Crippen LogP contribution is -2.50. The second kappa shape index (κ2) is 11.6. The molecule has 0 radical (unpaired) electrons. The van der Waals surface area contributed by atoms with Crippen LogP contribution in [0.1, 0.15) is 78.8 Å². The smallest absolute Gasteiger partial charge is 0.223 e. The van der Waals surface area contributed by atoms with E-state index in [9.17, 15) is 19.8 Å². The summed E-state index contributed by atoms with van der Waals surface area (Å²) in [5.41, 5.74) is -1.47. The maximum absolute atomic E-state index is 13.7. The number of aliphatic hydroxyl groups is 2. The number of fused-ring (bicyclic) bond motifs is 1. The number of carbonyl (C=O) groups excluding carboxylic acids is 2. The van der Waals surface area contributed by atoms with Gasteiger partial charge in [0.15, 0.2) is 0 Å². The molecule has 0 aliphatic carbocycles. The van der Waals surface area contributed by atoms with Gasteiger partial charge in [-0.25, -0.2) is 0 Å². The predicted molar refractivity (Wildman–Crippen MR) is 149 cm³/mol. The van der Waals surface area contributed by atoms with E-state index >= 15 is 0 Å². The quantitative estimate of drug-likeness (QED) is 0.473. The first-order chi connectivity index (χ1) is 18.3. The Balaban J connectivity index is 1.65. The minimum Gasteiger partial charge on any atom is -0.392 e. The van der Waals surface area contributed by atoms with Gasteiger partial charge in [0, 0.05) is 17.6 Å². The lowest BCUT2D eigenvalue weighted by molar-refractivity contribution is -0.145. The molecule has 4 rings (SSSR count). The standard InChI is InChI=1S/C30H43ClN2O6/c1-6-30-16-21(20(31)14-19-11-7-8-13-32-19)33-24(35)15-23(34)28(3,4)27(37)25(22-17-38-22)26(36)18(2)10-9-12-29(30,5)39-30/h7-8,11,13-14,18,21-23,25-26,34,36H,6,9-10,12,15-17H2,1-5H3,(H,33,35)/t18-,21-,22?,23-,25-,26+,29?,30?/m0/s1. The van der Waals surface area contributed by atoms with E-state index in [2.05, 4.69) is 24.1 Å². The average Bonchev–Trinajstić information content (AvgIpc) is 3.81. The van der Waals surface area contributed by atoms with Crippen molar-refractivity contribution < 1.29 is 29.3 Å². The summed E-state index contributed by atoms with van der Waals surface area (Å²) in [5.74, 6) is -1.61. The Morgan fingerprint density at radius 3 is 2.59 bits per heavy atom. The number of hydrogen-bond acceptors (Lipinski definition) is 7. The third-order valence-corrected chi connectivity index (χ3v) is 9.64. The Kier molecular flexibility index (Phi) is 8.94. The van der Waals surface area contributed by atoms with Gasteiger partial charge < -0.3 is 25.0 Å². The Hall–Kier alpha value is -1.84. The second-order valence-electron chi connectivity index (χ2n) is 12.4. The molecule has 3 N–H and O–H groups in total. The van der Waals surface area contributed by atoms with Crippen LogP contribution in [0.4, 0.5) is 0 Å². The van der Waals surface area contributed by atoms with E-state index < -0.39 is 46.7 Å². The largest absolute Gasteiger partial charge is 0.392 e. The number of aromatic nitrogens is 1. The molecule has 0 aromatic carbocycles. The van der Waals surface area contributed by atoms with Gasteiger partial charge in [-0.15, -0.1) is 0 Å². The lowest BCUT2D eigenvalue weighted by Gasteiger charge is -2.35. The Morgan fingerprint density at radius 1 is 1.26 bits per heavy atom. The molecule has 0 spiro atoms. The molecule has 0 bridgehead atoms. The Morgan fingerprint density at radius 2 is 1.97 bits per heavy atom. The molecule has 9 heteroatoms. The minimum atomic E-state index is -1.27. The molecule has 3 aliphatic rings. The number of amides is 1. The normalized spacial score (nSPS) is 39.9. The van der Waals surface area contributed by atoms with E-state index in [1.807, 2.05) is 25.1 Å². The summed E-state index contributed by atoms with van der Waals surface area (Å²) in [7, 11) is 0. The number of aliphatic hydroxyl groups excluding tert-OH is 2. The molecular formula is C30H43ClN2O6. The number of halogens is 1. The molecule has 4 heterocycles. The van der Waals surface area contributed by atoms with Crippen molar-refractivity contribution in [2.45, 2.75) is 109 Å². The fourth-order valence-electron chi connectivity index (χ4n) is 6.15. The summed E-state index contributed by atoms with van der Waals surface area (Å²) in [6, 6.07) is 4.96. The number of carbonyl (C=O) groups is 2. The zero-order valence-electron chi connectivity index (χ0n) is 23.7. The SMILES string of the molecule is CCC12C[C@@H](C(Cl)=Cc3ccccn3)NC(=O)C[C@H](O)C(C)(C)C(=O)[C@@H](C3CO3)[C@H](O)[C@@H](C)CCCC1(C)O2. The first-order valence-electron chi connectivity index (χ1n) is 14.1. The number of epoxide rings is 2. The van der Waals surface area contributed by atoms with Crippen LogP contribution in [0, 0.1) is 17.3 Å². The van der Waals surface area contributed by atoms with Crippen LogP contribution in [0.25, 0.3) is 6.08 Å². The van der Waals surface area contributed by atoms with Gasteiger partial charge in [0.05, 0.1) is 65.6 Å². The number of rotatable bonds is 4. The average molecular weight is 563 g/mol. The lowest BCUT2D eigenvalue weighted by atomic mass is 9.71. The molecule has 3 aliphatic heterocycles. The van der Waals surface area contributed by atoms with Gasteiger partial charge in [0.25, 0.3) is 0 Å². The summed E-state index contributed by atoms with van der Waals surface area (Å²) in [4.78, 5) is 31.3. The maximum atomic E-state index is 13.7. The number of nitrogens with zero attached hydrogens (tertiary/aromatic N) is 1. The molecule has 3 saturated heterocycles. The maximum Gasteiger partial charge on any atom is 0.223 e. The number of pyridine rings is 1. The van der Waals surface area contributed by atoms with Crippen LogP contribution >= 0.6 is 11.6 Å². The van der Waals surface area contributed by atoms with Crippen LogP contribution < -0.4 is 5.32 Å². The number of nitrogens with one attached hydrogen (secondary N) is 1. The highest BCUT2D eigenvalue weighted by Crippen LogP contribution is 2.56. The zero-order chi connectivity index (χ0) is 28.6. The first kappa shape index (κ1) is 30.1. The van der Waals surface area contributed by atoms with Crippen LogP contribution in [-0.2, 0) is 19.1 Å². The van der Waals surface area contributed by atoms with Gasteiger partial charge in [-0.3, -0.25) is 14.6 Å². The van der Waals surface area contributed by atoms with Crippen molar-refractivity contribution in [3.63, 3.8) is 0 Å². The Labute approximate surface area is 236 Å². The second-order valence-corrected chi connectivity index (χ2v) is 12.8. The van der Waals surface area contributed by atoms with Crippen molar-refractivity contribution in [1.29, 1.82) is 0 Å². The summed E-state index contributed by atoms with van der Waals surface area (Å²) in [6.07, 6.45) is 4.11. The zero-order valence-corrected chi connectivity index (χ0v) is 24.4. The van der Waals surface area contributed by atoms with Crippen LogP contribution in [-0.4, -0.2) is 69.1 Å². The highest BCUT2D eigenvalue weighted by molar-refractivity contribution is 6.32. The van der Waals surface area contributed by atoms with Crippen molar-refractivity contribution in [2.75, 3.05) is 6.61 Å². The highest BCUT2D eigenvalue weighted by atomic mass is 35.5. The molecule has 8 atom stereocenters. The van der Waals surface area contributed by atoms with Crippen LogP contribution in [0.5, 0.6) is 0 Å². The van der Waals surface area contributed by atoms with E-state index in [1.165, 1.54) is 0 Å². The van der Waals surface area contributed by atoms with Gasteiger partial charge >= 0.3 is 0 Å². The third-order valence-electron chi connectivity index (χ3n) is 9.26. The van der Waals surface area contributed by atoms with E-state index in [4.69, 9.17) is 21.1 Å². The van der Waals surface area contributed by atoms with E-state index in [0.717, 1.165) is 25.7 Å². The van der Waals surface area contributed by atoms with Crippen molar-refractivity contribution >= 4 is 29.4 Å². The fourth-order valence-corrected chi connectivity index (χ4v) is 6.40. The third kappa shape index (κ3) is 6.41. The number of hydrogen-bond donors (Lipinski definition) is 3. The topological polar surface area (TPSA) is 125 Å². The fraction of sp³-hybridized carbons (Fsp3) is 0.700. The van der Waals surface area contributed by atoms with Crippen LogP contribution in [0.15, 0.2) is 29.4 Å². The Bertz CT molecular complexity index is 1080. The van der Waals surface area contributed by atoms with Gasteiger partial charge in [-0.2, -0.15) is 0 Å². The number of ether oxygens (including phenoxy) is 2. The molecule has 1 aromatic rings. The first-order valence-corrected chi connectivity index (χ1v) is 14.5. The van der Waals surface area contributed by atoms with E-state index in [1.54, 1.807) is 26.1 Å². The van der Waals surface area contributed by atoms with Gasteiger partial charge in [-0.1, -0.05) is 51.8 Å². The van der Waals surface area contributed by atoms with Gasteiger partial charge in [0.1, 0.15) is 5.78 Å². The van der Waals surface area contributed by atoms with Crippen molar-refractivity contribution in [2.24, 2.45) is 17.3 Å². The molecule has 1 aromatic heterocycles. The molecular weight excluding hydrogens is 520 g/mol. The molecule has 1 amide bonds. The highest BCUT2D eigenvalue weighted by Gasteiger charge is 2.65. The monoisotopic (exact) mass is 562 g/mol. The molecule has 8 nitrogen and oxygen atoms in total. The van der Waals surface area contributed by atoms with Crippen molar-refractivity contribution in [1.82, 2.24) is 10.3 Å². The minimum absolute atomic E-state index is 0.144. The summed E-state index contributed by atoms with van der Waals surface area (Å²) in [6.45, 7) is 9.78. The molecule has 39 heavy (non-hydrogen) atoms. The van der Waals surface area contributed by atoms with E-state index in [-0.39, 0.29) is 24.2 Å². The molecule has 3 fully saturated rings. The summed E-state index contributed by atoms with van der Waals surface area (Å²) in [5, 5.41) is 25.8. The predicted octanol–water partition coefficient (Wildman–Crippen LogP) is 4.02. The van der Waals surface area contributed by atoms with Gasteiger partial charge in [-0.05, 0) is 50.3 Å². The number of Topliss-reactive ketones (excluding diaryl/α,β-unsaturated/α-hetero) is 1. The summed E-state index contributed by atoms with van der Waals surface area (Å²) >= 11 is 6.81.